The maximum Gasteiger partial charge on any atom is 0.252 e. The Labute approximate surface area is 97.1 Å². The third-order valence-corrected chi connectivity index (χ3v) is 3.23. The Morgan fingerprint density at radius 2 is 1.81 bits per heavy atom. The lowest BCUT2D eigenvalue weighted by Crippen LogP contribution is -2.32. The Balaban J connectivity index is 2.57. The van der Waals surface area contributed by atoms with Gasteiger partial charge in [-0.2, -0.15) is 0 Å². The van der Waals surface area contributed by atoms with Crippen molar-refractivity contribution in [2.24, 2.45) is 0 Å². The second-order valence-corrected chi connectivity index (χ2v) is 6.09. The second kappa shape index (κ2) is 3.09. The Morgan fingerprint density at radius 3 is 2.38 bits per heavy atom. The third-order valence-electron chi connectivity index (χ3n) is 3.23. The van der Waals surface area contributed by atoms with E-state index in [1.165, 1.54) is 5.56 Å². The molecule has 1 aliphatic heterocycles. The summed E-state index contributed by atoms with van der Waals surface area (Å²) in [4.78, 5) is 11.8. The van der Waals surface area contributed by atoms with Crippen LogP contribution in [0.1, 0.15) is 56.1 Å². The summed E-state index contributed by atoms with van der Waals surface area (Å²) < 4.78 is 0. The predicted molar refractivity (Wildman–Crippen MR) is 65.6 cm³/mol. The molecule has 0 aliphatic carbocycles. The van der Waals surface area contributed by atoms with Crippen LogP contribution >= 0.6 is 0 Å². The van der Waals surface area contributed by atoms with Gasteiger partial charge in [0.05, 0.1) is 5.54 Å². The second-order valence-electron chi connectivity index (χ2n) is 6.09. The lowest BCUT2D eigenvalue weighted by atomic mass is 9.84. The lowest BCUT2D eigenvalue weighted by molar-refractivity contribution is 0.0940. The van der Waals surface area contributed by atoms with E-state index in [-0.39, 0.29) is 16.9 Å². The van der Waals surface area contributed by atoms with E-state index in [1.54, 1.807) is 0 Å². The van der Waals surface area contributed by atoms with Crippen LogP contribution in [0.15, 0.2) is 18.2 Å². The predicted octanol–water partition coefficient (Wildman–Crippen LogP) is 2.96. The van der Waals surface area contributed by atoms with Gasteiger partial charge in [0.15, 0.2) is 0 Å². The first-order chi connectivity index (χ1) is 7.22. The molecule has 0 saturated heterocycles. The van der Waals surface area contributed by atoms with E-state index in [9.17, 15) is 4.79 Å². The van der Waals surface area contributed by atoms with E-state index in [0.29, 0.717) is 0 Å². The van der Waals surface area contributed by atoms with E-state index >= 15 is 0 Å². The summed E-state index contributed by atoms with van der Waals surface area (Å²) in [6, 6.07) is 6.23. The molecule has 86 valence electrons. The Bertz CT molecular complexity index is 452. The van der Waals surface area contributed by atoms with E-state index in [2.05, 4.69) is 38.2 Å². The molecule has 2 nitrogen and oxygen atoms in total. The number of hydrogen-bond donors (Lipinski definition) is 1. The average molecular weight is 217 g/mol. The normalized spacial score (nSPS) is 18.2. The van der Waals surface area contributed by atoms with E-state index in [1.807, 2.05) is 19.9 Å². The standard InChI is InChI=1S/C14H19NO/c1-13(2,3)9-6-7-11-10(8-9)12(16)15-14(11,4)5/h6-8H,1-5H3,(H,15,16). The minimum Gasteiger partial charge on any atom is -0.343 e. The number of rotatable bonds is 0. The van der Waals surface area contributed by atoms with Gasteiger partial charge in [0.1, 0.15) is 0 Å². The molecule has 1 heterocycles. The Kier molecular flexibility index (Phi) is 2.16. The highest BCUT2D eigenvalue weighted by atomic mass is 16.2. The number of amides is 1. The van der Waals surface area contributed by atoms with Crippen molar-refractivity contribution < 1.29 is 4.79 Å². The van der Waals surface area contributed by atoms with Crippen LogP contribution in [0.3, 0.4) is 0 Å². The largest absolute Gasteiger partial charge is 0.343 e. The average Bonchev–Trinajstić information content (AvgIpc) is 2.36. The maximum absolute atomic E-state index is 11.8. The summed E-state index contributed by atoms with van der Waals surface area (Å²) in [7, 11) is 0. The number of benzene rings is 1. The molecular formula is C14H19NO. The smallest absolute Gasteiger partial charge is 0.252 e. The molecule has 0 atom stereocenters. The van der Waals surface area contributed by atoms with Gasteiger partial charge in [0.2, 0.25) is 0 Å². The quantitative estimate of drug-likeness (QED) is 0.711. The Morgan fingerprint density at radius 1 is 1.19 bits per heavy atom. The summed E-state index contributed by atoms with van der Waals surface area (Å²) in [5.74, 6) is 0.0473. The molecule has 2 rings (SSSR count). The molecule has 0 bridgehead atoms. The molecule has 1 aromatic carbocycles. The topological polar surface area (TPSA) is 29.1 Å². The third kappa shape index (κ3) is 1.62. The van der Waals surface area contributed by atoms with Gasteiger partial charge in [-0.25, -0.2) is 0 Å². The fourth-order valence-electron chi connectivity index (χ4n) is 2.16. The van der Waals surface area contributed by atoms with Crippen molar-refractivity contribution in [1.29, 1.82) is 0 Å². The van der Waals surface area contributed by atoms with Gasteiger partial charge in [-0.15, -0.1) is 0 Å². The molecule has 1 aliphatic rings. The highest BCUT2D eigenvalue weighted by Crippen LogP contribution is 2.33. The van der Waals surface area contributed by atoms with Crippen molar-refractivity contribution in [2.75, 3.05) is 0 Å². The molecule has 0 radical (unpaired) electrons. The van der Waals surface area contributed by atoms with Gasteiger partial charge < -0.3 is 5.32 Å². The molecule has 0 saturated carbocycles. The highest BCUT2D eigenvalue weighted by Gasteiger charge is 2.35. The lowest BCUT2D eigenvalue weighted by Gasteiger charge is -2.22. The fraction of sp³-hybridized carbons (Fsp3) is 0.500. The summed E-state index contributed by atoms with van der Waals surface area (Å²) in [6.07, 6.45) is 0. The van der Waals surface area contributed by atoms with Crippen molar-refractivity contribution >= 4 is 5.91 Å². The molecule has 1 aromatic rings. The zero-order valence-corrected chi connectivity index (χ0v) is 10.6. The Hall–Kier alpha value is -1.31. The molecule has 16 heavy (non-hydrogen) atoms. The molecule has 0 spiro atoms. The number of fused-ring (bicyclic) bond motifs is 1. The fourth-order valence-corrected chi connectivity index (χ4v) is 2.16. The van der Waals surface area contributed by atoms with Crippen molar-refractivity contribution in [3.63, 3.8) is 0 Å². The summed E-state index contributed by atoms with van der Waals surface area (Å²) >= 11 is 0. The number of nitrogens with one attached hydrogen (secondary N) is 1. The van der Waals surface area contributed by atoms with Gasteiger partial charge in [0, 0.05) is 5.56 Å². The minimum atomic E-state index is -0.233. The summed E-state index contributed by atoms with van der Waals surface area (Å²) in [6.45, 7) is 10.5. The highest BCUT2D eigenvalue weighted by molar-refractivity contribution is 6.00. The van der Waals surface area contributed by atoms with Gasteiger partial charge in [-0.3, -0.25) is 4.79 Å². The van der Waals surface area contributed by atoms with Gasteiger partial charge in [0.25, 0.3) is 5.91 Å². The molecular weight excluding hydrogens is 198 g/mol. The zero-order valence-electron chi connectivity index (χ0n) is 10.6. The molecule has 0 aromatic heterocycles. The first kappa shape index (κ1) is 11.2. The van der Waals surface area contributed by atoms with E-state index in [0.717, 1.165) is 11.1 Å². The zero-order chi connectivity index (χ0) is 12.1. The van der Waals surface area contributed by atoms with Gasteiger partial charge in [-0.05, 0) is 36.5 Å². The maximum atomic E-state index is 11.8. The molecule has 1 amide bonds. The van der Waals surface area contributed by atoms with Crippen LogP contribution in [0.5, 0.6) is 0 Å². The van der Waals surface area contributed by atoms with Crippen LogP contribution in [0.25, 0.3) is 0 Å². The van der Waals surface area contributed by atoms with Crippen LogP contribution in [-0.4, -0.2) is 5.91 Å². The summed E-state index contributed by atoms with van der Waals surface area (Å²) in [5, 5.41) is 3.00. The van der Waals surface area contributed by atoms with Crippen LogP contribution in [0.4, 0.5) is 0 Å². The van der Waals surface area contributed by atoms with Crippen LogP contribution < -0.4 is 5.32 Å². The van der Waals surface area contributed by atoms with E-state index in [4.69, 9.17) is 0 Å². The monoisotopic (exact) mass is 217 g/mol. The number of carbonyl (C=O) groups excluding carboxylic acids is 1. The van der Waals surface area contributed by atoms with E-state index < -0.39 is 0 Å². The van der Waals surface area contributed by atoms with Crippen LogP contribution in [0.2, 0.25) is 0 Å². The minimum absolute atomic E-state index is 0.0473. The van der Waals surface area contributed by atoms with Gasteiger partial charge in [-0.1, -0.05) is 32.9 Å². The van der Waals surface area contributed by atoms with Crippen molar-refractivity contribution in [1.82, 2.24) is 5.32 Å². The number of hydrogen-bond acceptors (Lipinski definition) is 1. The number of carbonyl (C=O) groups is 1. The SMILES string of the molecule is CC(C)(C)c1ccc2c(c1)C(=O)NC2(C)C. The first-order valence-electron chi connectivity index (χ1n) is 5.69. The van der Waals surface area contributed by atoms with Crippen LogP contribution in [0, 0.1) is 0 Å². The summed E-state index contributed by atoms with van der Waals surface area (Å²) in [5.41, 5.74) is 2.99. The molecule has 0 unspecified atom stereocenters. The first-order valence-corrected chi connectivity index (χ1v) is 5.69. The van der Waals surface area contributed by atoms with Crippen molar-refractivity contribution in [2.45, 2.75) is 45.6 Å². The molecule has 2 heteroatoms. The molecule has 0 fully saturated rings. The molecule has 1 N–H and O–H groups in total. The van der Waals surface area contributed by atoms with Gasteiger partial charge >= 0.3 is 0 Å². The van der Waals surface area contributed by atoms with Crippen molar-refractivity contribution in [3.05, 3.63) is 34.9 Å². The van der Waals surface area contributed by atoms with Crippen molar-refractivity contribution in [3.8, 4) is 0 Å². The van der Waals surface area contributed by atoms with Crippen LogP contribution in [-0.2, 0) is 11.0 Å².